The summed E-state index contributed by atoms with van der Waals surface area (Å²) < 4.78 is 7.66. The number of hydrogen-bond donors (Lipinski definition) is 0. The second kappa shape index (κ2) is 5.39. The molecule has 2 aromatic heterocycles. The average molecular weight is 322 g/mol. The average Bonchev–Trinajstić information content (AvgIpc) is 3.16. The summed E-state index contributed by atoms with van der Waals surface area (Å²) >= 11 is 1.75. The molecule has 4 aromatic rings. The predicted molar refractivity (Wildman–Crippen MR) is 97.1 cm³/mol. The summed E-state index contributed by atoms with van der Waals surface area (Å²) in [6.45, 7) is 4.40. The summed E-state index contributed by atoms with van der Waals surface area (Å²) in [5.74, 6) is 1.35. The lowest BCUT2D eigenvalue weighted by Crippen LogP contribution is -1.92. The van der Waals surface area contributed by atoms with E-state index in [1.807, 2.05) is 12.3 Å². The van der Waals surface area contributed by atoms with Gasteiger partial charge in [-0.3, -0.25) is 4.57 Å². The van der Waals surface area contributed by atoms with Gasteiger partial charge in [0.1, 0.15) is 5.75 Å². The Labute approximate surface area is 139 Å². The van der Waals surface area contributed by atoms with Crippen molar-refractivity contribution >= 4 is 33.1 Å². The van der Waals surface area contributed by atoms with Crippen LogP contribution in [0.15, 0.2) is 48.7 Å². The number of methoxy groups -OCH3 is 1. The molecule has 0 aliphatic heterocycles. The number of thiazole rings is 1. The van der Waals surface area contributed by atoms with Gasteiger partial charge in [-0.2, -0.15) is 0 Å². The summed E-state index contributed by atoms with van der Waals surface area (Å²) in [4.78, 5) is 5.98. The fourth-order valence-electron chi connectivity index (χ4n) is 2.93. The van der Waals surface area contributed by atoms with Crippen molar-refractivity contribution in [3.63, 3.8) is 0 Å². The fraction of sp³-hybridized carbons (Fsp3) is 0.211. The minimum Gasteiger partial charge on any atom is -0.497 e. The summed E-state index contributed by atoms with van der Waals surface area (Å²) in [6, 6.07) is 14.7. The Balaban J connectivity index is 2.08. The third-order valence-electron chi connectivity index (χ3n) is 4.15. The van der Waals surface area contributed by atoms with Gasteiger partial charge >= 0.3 is 0 Å². The summed E-state index contributed by atoms with van der Waals surface area (Å²) in [6.07, 6.45) is 1.99. The van der Waals surface area contributed by atoms with Gasteiger partial charge in [-0.05, 0) is 24.1 Å². The monoisotopic (exact) mass is 322 g/mol. The van der Waals surface area contributed by atoms with E-state index in [1.165, 1.54) is 21.2 Å². The van der Waals surface area contributed by atoms with Gasteiger partial charge in [0.15, 0.2) is 5.13 Å². The number of nitrogens with zero attached hydrogens (tertiary/aromatic N) is 2. The molecule has 0 aliphatic carbocycles. The molecule has 23 heavy (non-hydrogen) atoms. The van der Waals surface area contributed by atoms with Crippen molar-refractivity contribution in [3.05, 3.63) is 53.5 Å². The first-order valence-corrected chi connectivity index (χ1v) is 8.54. The van der Waals surface area contributed by atoms with Crippen molar-refractivity contribution < 1.29 is 4.74 Å². The van der Waals surface area contributed by atoms with Crippen molar-refractivity contribution in [1.82, 2.24) is 9.55 Å². The molecule has 0 saturated carbocycles. The first kappa shape index (κ1) is 14.3. The molecular weight excluding hydrogens is 304 g/mol. The molecule has 0 unspecified atom stereocenters. The summed E-state index contributed by atoms with van der Waals surface area (Å²) in [5.41, 5.74) is 2.32. The van der Waals surface area contributed by atoms with E-state index in [1.54, 1.807) is 18.4 Å². The van der Waals surface area contributed by atoms with Crippen LogP contribution in [0.1, 0.15) is 24.6 Å². The SMILES string of the molecule is COc1ccc2c3ccccc3n(-c3ncc(C(C)C)s3)c2c1. The minimum absolute atomic E-state index is 0.490. The molecule has 116 valence electrons. The first-order chi connectivity index (χ1) is 11.2. The molecule has 0 bridgehead atoms. The van der Waals surface area contributed by atoms with Crippen LogP contribution in [0.5, 0.6) is 5.75 Å². The van der Waals surface area contributed by atoms with E-state index in [4.69, 9.17) is 4.74 Å². The molecule has 3 nitrogen and oxygen atoms in total. The smallest absolute Gasteiger partial charge is 0.194 e. The third kappa shape index (κ3) is 2.21. The van der Waals surface area contributed by atoms with Crippen LogP contribution >= 0.6 is 11.3 Å². The molecule has 0 amide bonds. The number of aromatic nitrogens is 2. The van der Waals surface area contributed by atoms with Crippen LogP contribution in [-0.2, 0) is 0 Å². The Morgan fingerprint density at radius 2 is 1.83 bits per heavy atom. The van der Waals surface area contributed by atoms with Gasteiger partial charge in [-0.15, -0.1) is 11.3 Å². The molecule has 4 rings (SSSR count). The minimum atomic E-state index is 0.490. The van der Waals surface area contributed by atoms with E-state index >= 15 is 0 Å². The number of hydrogen-bond acceptors (Lipinski definition) is 3. The quantitative estimate of drug-likeness (QED) is 0.507. The Hall–Kier alpha value is -2.33. The first-order valence-electron chi connectivity index (χ1n) is 7.72. The normalized spacial score (nSPS) is 11.7. The lowest BCUT2D eigenvalue weighted by atomic mass is 10.1. The van der Waals surface area contributed by atoms with Gasteiger partial charge in [0.05, 0.1) is 18.1 Å². The molecule has 0 saturated heterocycles. The zero-order valence-corrected chi connectivity index (χ0v) is 14.2. The van der Waals surface area contributed by atoms with Crippen molar-refractivity contribution in [2.75, 3.05) is 7.11 Å². The molecule has 2 aromatic carbocycles. The Kier molecular flexibility index (Phi) is 3.34. The van der Waals surface area contributed by atoms with Gasteiger partial charge in [-0.25, -0.2) is 4.98 Å². The molecule has 0 radical (unpaired) electrons. The van der Waals surface area contributed by atoms with Gasteiger partial charge < -0.3 is 4.74 Å². The standard InChI is InChI=1S/C19H18N2OS/c1-12(2)18-11-20-19(23-18)21-16-7-5-4-6-14(16)15-9-8-13(22-3)10-17(15)21/h4-12H,1-3H3. The van der Waals surface area contributed by atoms with Crippen molar-refractivity contribution in [1.29, 1.82) is 0 Å². The largest absolute Gasteiger partial charge is 0.497 e. The van der Waals surface area contributed by atoms with Crippen LogP contribution in [0.3, 0.4) is 0 Å². The molecule has 2 heterocycles. The molecule has 4 heteroatoms. The van der Waals surface area contributed by atoms with E-state index < -0.39 is 0 Å². The van der Waals surface area contributed by atoms with Gasteiger partial charge in [-0.1, -0.05) is 32.0 Å². The van der Waals surface area contributed by atoms with Crippen LogP contribution < -0.4 is 4.74 Å². The topological polar surface area (TPSA) is 27.1 Å². The molecular formula is C19H18N2OS. The highest BCUT2D eigenvalue weighted by molar-refractivity contribution is 7.14. The van der Waals surface area contributed by atoms with Crippen LogP contribution in [0.4, 0.5) is 0 Å². The molecule has 0 fully saturated rings. The van der Waals surface area contributed by atoms with E-state index in [0.29, 0.717) is 5.92 Å². The van der Waals surface area contributed by atoms with E-state index in [-0.39, 0.29) is 0 Å². The van der Waals surface area contributed by atoms with Crippen LogP contribution in [0, 0.1) is 0 Å². The van der Waals surface area contributed by atoms with Crippen molar-refractivity contribution in [3.8, 4) is 10.9 Å². The predicted octanol–water partition coefficient (Wildman–Crippen LogP) is 5.37. The van der Waals surface area contributed by atoms with Gasteiger partial charge in [0, 0.05) is 27.9 Å². The number of rotatable bonds is 3. The second-order valence-corrected chi connectivity index (χ2v) is 6.98. The number of fused-ring (bicyclic) bond motifs is 3. The van der Waals surface area contributed by atoms with E-state index in [9.17, 15) is 0 Å². The second-order valence-electron chi connectivity index (χ2n) is 5.94. The maximum atomic E-state index is 5.42. The van der Waals surface area contributed by atoms with Gasteiger partial charge in [0.2, 0.25) is 0 Å². The van der Waals surface area contributed by atoms with E-state index in [2.05, 4.69) is 59.8 Å². The van der Waals surface area contributed by atoms with Crippen LogP contribution in [0.25, 0.3) is 26.9 Å². The molecule has 0 N–H and O–H groups in total. The summed E-state index contributed by atoms with van der Waals surface area (Å²) in [5, 5.41) is 3.47. The van der Waals surface area contributed by atoms with E-state index in [0.717, 1.165) is 16.4 Å². The number of para-hydroxylation sites is 1. The zero-order chi connectivity index (χ0) is 16.0. The fourth-order valence-corrected chi connectivity index (χ4v) is 3.88. The van der Waals surface area contributed by atoms with Crippen LogP contribution in [0.2, 0.25) is 0 Å². The van der Waals surface area contributed by atoms with Crippen LogP contribution in [-0.4, -0.2) is 16.7 Å². The lowest BCUT2D eigenvalue weighted by Gasteiger charge is -2.04. The highest BCUT2D eigenvalue weighted by Gasteiger charge is 2.15. The Bertz CT molecular complexity index is 997. The Morgan fingerprint density at radius 3 is 2.57 bits per heavy atom. The van der Waals surface area contributed by atoms with Crippen molar-refractivity contribution in [2.45, 2.75) is 19.8 Å². The molecule has 0 aliphatic rings. The highest BCUT2D eigenvalue weighted by atomic mass is 32.1. The Morgan fingerprint density at radius 1 is 1.04 bits per heavy atom. The number of benzene rings is 2. The summed E-state index contributed by atoms with van der Waals surface area (Å²) in [7, 11) is 1.70. The molecule has 0 spiro atoms. The number of ether oxygens (including phenoxy) is 1. The third-order valence-corrected chi connectivity index (χ3v) is 5.44. The zero-order valence-electron chi connectivity index (χ0n) is 13.4. The van der Waals surface area contributed by atoms with Gasteiger partial charge in [0.25, 0.3) is 0 Å². The highest BCUT2D eigenvalue weighted by Crippen LogP contribution is 2.35. The maximum absolute atomic E-state index is 5.42. The maximum Gasteiger partial charge on any atom is 0.194 e. The molecule has 0 atom stereocenters. The lowest BCUT2D eigenvalue weighted by molar-refractivity contribution is 0.415. The van der Waals surface area contributed by atoms with Crippen molar-refractivity contribution in [2.24, 2.45) is 0 Å².